The number of thiazole rings is 1. The molecule has 0 aliphatic rings. The number of fused-ring (bicyclic) bond motifs is 1. The van der Waals surface area contributed by atoms with E-state index in [0.29, 0.717) is 10.2 Å². The van der Waals surface area contributed by atoms with Gasteiger partial charge in [0.1, 0.15) is 5.69 Å². The third kappa shape index (κ3) is 3.26. The van der Waals surface area contributed by atoms with E-state index in [1.165, 1.54) is 24.5 Å². The lowest BCUT2D eigenvalue weighted by Crippen LogP contribution is -2.30. The van der Waals surface area contributed by atoms with Gasteiger partial charge in [-0.05, 0) is 13.0 Å². The Bertz CT molecular complexity index is 700. The van der Waals surface area contributed by atoms with E-state index in [9.17, 15) is 14.9 Å². The molecule has 9 heteroatoms. The zero-order chi connectivity index (χ0) is 15.6. The number of anilines is 1. The number of carbonyl (C=O) groups is 1. The smallest absolute Gasteiger partial charge is 0.334 e. The molecule has 8 nitrogen and oxygen atoms in total. The van der Waals surface area contributed by atoms with E-state index < -0.39 is 17.0 Å². The van der Waals surface area contributed by atoms with Gasteiger partial charge in [0.05, 0.1) is 26.7 Å². The molecule has 1 aromatic heterocycles. The quantitative estimate of drug-likeness (QED) is 0.619. The Balaban J connectivity index is 2.34. The predicted molar refractivity (Wildman–Crippen MR) is 77.9 cm³/mol. The molecule has 0 amide bonds. The molecule has 21 heavy (non-hydrogen) atoms. The highest BCUT2D eigenvalue weighted by molar-refractivity contribution is 7.18. The summed E-state index contributed by atoms with van der Waals surface area (Å²) in [6.07, 6.45) is -1.09. The number of aryl methyl sites for hydroxylation is 1. The summed E-state index contributed by atoms with van der Waals surface area (Å²) in [5.41, 5.74) is 0.738. The van der Waals surface area contributed by atoms with Gasteiger partial charge in [-0.2, -0.15) is 0 Å². The van der Waals surface area contributed by atoms with Gasteiger partial charge in [0.15, 0.2) is 6.10 Å². The monoisotopic (exact) mass is 311 g/mol. The van der Waals surface area contributed by atoms with Crippen molar-refractivity contribution in [3.8, 4) is 0 Å². The van der Waals surface area contributed by atoms with Gasteiger partial charge >= 0.3 is 5.97 Å². The van der Waals surface area contributed by atoms with E-state index in [-0.39, 0.29) is 17.9 Å². The van der Waals surface area contributed by atoms with Crippen LogP contribution in [-0.2, 0) is 9.53 Å². The van der Waals surface area contributed by atoms with Crippen LogP contribution in [0.1, 0.15) is 5.01 Å². The molecule has 0 saturated heterocycles. The third-order valence-corrected chi connectivity index (χ3v) is 3.78. The number of nitrogens with one attached hydrogen (secondary N) is 1. The van der Waals surface area contributed by atoms with Crippen molar-refractivity contribution in [1.82, 2.24) is 4.98 Å². The van der Waals surface area contributed by atoms with Crippen molar-refractivity contribution in [2.75, 3.05) is 19.0 Å². The first-order valence-corrected chi connectivity index (χ1v) is 6.79. The van der Waals surface area contributed by atoms with E-state index in [1.807, 2.05) is 6.92 Å². The number of benzene rings is 1. The number of nitrogens with zero attached hydrogens (tertiary/aromatic N) is 2. The molecular weight excluding hydrogens is 298 g/mol. The number of rotatable bonds is 6. The van der Waals surface area contributed by atoms with E-state index in [4.69, 9.17) is 9.84 Å². The maximum absolute atomic E-state index is 11.1. The number of carboxylic acids is 1. The van der Waals surface area contributed by atoms with Crippen molar-refractivity contribution in [3.63, 3.8) is 0 Å². The second kappa shape index (κ2) is 6.02. The summed E-state index contributed by atoms with van der Waals surface area (Å²) in [5, 5.41) is 23.6. The number of hydrogen-bond acceptors (Lipinski definition) is 7. The second-order valence-electron chi connectivity index (χ2n) is 4.27. The summed E-state index contributed by atoms with van der Waals surface area (Å²) in [6, 6.07) is 2.98. The van der Waals surface area contributed by atoms with Crippen LogP contribution in [0.4, 0.5) is 11.4 Å². The van der Waals surface area contributed by atoms with Crippen LogP contribution in [-0.4, -0.2) is 40.7 Å². The van der Waals surface area contributed by atoms with Gasteiger partial charge in [-0.1, -0.05) is 0 Å². The Morgan fingerprint density at radius 1 is 1.62 bits per heavy atom. The number of hydrogen-bond donors (Lipinski definition) is 2. The van der Waals surface area contributed by atoms with Crippen molar-refractivity contribution in [3.05, 3.63) is 27.3 Å². The van der Waals surface area contributed by atoms with Gasteiger partial charge in [-0.25, -0.2) is 9.78 Å². The van der Waals surface area contributed by atoms with Crippen LogP contribution >= 0.6 is 11.3 Å². The molecule has 0 spiro atoms. The standard InChI is InChI=1S/C12H13N3O5S/c1-6-14-8-3-7(13-5-10(20-2)12(16)17)9(15(18)19)4-11(8)21-6/h3-4,10,13H,5H2,1-2H3,(H,16,17). The summed E-state index contributed by atoms with van der Waals surface area (Å²) in [7, 11) is 1.27. The molecule has 2 rings (SSSR count). The Labute approximate surface area is 123 Å². The fourth-order valence-electron chi connectivity index (χ4n) is 1.85. The van der Waals surface area contributed by atoms with E-state index >= 15 is 0 Å². The fourth-order valence-corrected chi connectivity index (χ4v) is 2.69. The lowest BCUT2D eigenvalue weighted by atomic mass is 10.2. The van der Waals surface area contributed by atoms with Crippen LogP contribution in [0.15, 0.2) is 12.1 Å². The Kier molecular flexibility index (Phi) is 4.34. The summed E-state index contributed by atoms with van der Waals surface area (Å²) in [4.78, 5) is 25.7. The predicted octanol–water partition coefficient (Wildman–Crippen LogP) is 2.02. The molecule has 1 atom stereocenters. The highest BCUT2D eigenvalue weighted by Gasteiger charge is 2.20. The molecule has 2 N–H and O–H groups in total. The Morgan fingerprint density at radius 3 is 2.90 bits per heavy atom. The number of nitro groups is 1. The number of ether oxygens (including phenoxy) is 1. The first-order chi connectivity index (χ1) is 9.92. The molecule has 1 unspecified atom stereocenters. The topological polar surface area (TPSA) is 115 Å². The van der Waals surface area contributed by atoms with Gasteiger partial charge in [0.2, 0.25) is 0 Å². The molecule has 1 aromatic carbocycles. The SMILES string of the molecule is COC(CNc1cc2nc(C)sc2cc1[N+](=O)[O-])C(=O)O. The van der Waals surface area contributed by atoms with Gasteiger partial charge in [0.25, 0.3) is 5.69 Å². The van der Waals surface area contributed by atoms with E-state index in [1.54, 1.807) is 6.07 Å². The zero-order valence-electron chi connectivity index (χ0n) is 11.3. The first kappa shape index (κ1) is 15.1. The van der Waals surface area contributed by atoms with E-state index in [2.05, 4.69) is 10.3 Å². The van der Waals surface area contributed by atoms with Crippen molar-refractivity contribution < 1.29 is 19.6 Å². The largest absolute Gasteiger partial charge is 0.479 e. The molecule has 2 aromatic rings. The molecule has 1 heterocycles. The first-order valence-electron chi connectivity index (χ1n) is 5.97. The van der Waals surface area contributed by atoms with Crippen LogP contribution in [0.3, 0.4) is 0 Å². The molecule has 0 saturated carbocycles. The minimum Gasteiger partial charge on any atom is -0.479 e. The second-order valence-corrected chi connectivity index (χ2v) is 5.51. The lowest BCUT2D eigenvalue weighted by molar-refractivity contribution is -0.383. The summed E-state index contributed by atoms with van der Waals surface area (Å²) < 4.78 is 5.49. The van der Waals surface area contributed by atoms with Gasteiger partial charge in [-0.15, -0.1) is 11.3 Å². The number of aliphatic carboxylic acids is 1. The minimum atomic E-state index is -1.14. The van der Waals surface area contributed by atoms with Gasteiger partial charge in [-0.3, -0.25) is 10.1 Å². The summed E-state index contributed by atoms with van der Waals surface area (Å²) in [5.74, 6) is -1.14. The summed E-state index contributed by atoms with van der Waals surface area (Å²) >= 11 is 1.36. The van der Waals surface area contributed by atoms with Crippen LogP contribution < -0.4 is 5.32 Å². The Hall–Kier alpha value is -2.26. The lowest BCUT2D eigenvalue weighted by Gasteiger charge is -2.12. The number of methoxy groups -OCH3 is 1. The minimum absolute atomic E-state index is 0.0820. The normalized spacial score (nSPS) is 12.3. The molecule has 0 aliphatic heterocycles. The van der Waals surface area contributed by atoms with Crippen molar-refractivity contribution in [1.29, 1.82) is 0 Å². The van der Waals surface area contributed by atoms with Gasteiger partial charge < -0.3 is 15.2 Å². The highest BCUT2D eigenvalue weighted by atomic mass is 32.1. The Morgan fingerprint density at radius 2 is 2.33 bits per heavy atom. The van der Waals surface area contributed by atoms with Crippen LogP contribution in [0.5, 0.6) is 0 Å². The van der Waals surface area contributed by atoms with Crippen LogP contribution in [0.2, 0.25) is 0 Å². The molecule has 0 bridgehead atoms. The maximum atomic E-state index is 11.1. The molecule has 0 fully saturated rings. The van der Waals surface area contributed by atoms with Crippen molar-refractivity contribution >= 4 is 38.9 Å². The van der Waals surface area contributed by atoms with Crippen molar-refractivity contribution in [2.24, 2.45) is 0 Å². The fraction of sp³-hybridized carbons (Fsp3) is 0.333. The summed E-state index contributed by atoms with van der Waals surface area (Å²) in [6.45, 7) is 1.73. The maximum Gasteiger partial charge on any atom is 0.334 e. The molecule has 112 valence electrons. The number of aromatic nitrogens is 1. The average molecular weight is 311 g/mol. The number of nitro benzene ring substituents is 1. The van der Waals surface area contributed by atoms with Crippen LogP contribution in [0, 0.1) is 17.0 Å². The zero-order valence-corrected chi connectivity index (χ0v) is 12.1. The van der Waals surface area contributed by atoms with Gasteiger partial charge in [0, 0.05) is 13.2 Å². The molecule has 0 aliphatic carbocycles. The molecule has 0 radical (unpaired) electrons. The molecular formula is C12H13N3O5S. The highest BCUT2D eigenvalue weighted by Crippen LogP contribution is 2.32. The van der Waals surface area contributed by atoms with Crippen molar-refractivity contribution in [2.45, 2.75) is 13.0 Å². The number of carboxylic acid groups (broad SMARTS) is 1. The third-order valence-electron chi connectivity index (χ3n) is 2.85. The van der Waals surface area contributed by atoms with Crippen LogP contribution in [0.25, 0.3) is 10.2 Å². The van der Waals surface area contributed by atoms with E-state index in [0.717, 1.165) is 5.01 Å². The average Bonchev–Trinajstić information content (AvgIpc) is 2.76.